The lowest BCUT2D eigenvalue weighted by molar-refractivity contribution is 0.505. The van der Waals surface area contributed by atoms with Gasteiger partial charge in [-0.2, -0.15) is 0 Å². The van der Waals surface area contributed by atoms with E-state index in [1.807, 2.05) is 6.92 Å². The molecule has 0 amide bonds. The summed E-state index contributed by atoms with van der Waals surface area (Å²) in [5, 5.41) is 0. The maximum Gasteiger partial charge on any atom is 0.197 e. The van der Waals surface area contributed by atoms with Gasteiger partial charge in [-0.3, -0.25) is 0 Å². The third-order valence-electron chi connectivity index (χ3n) is 0.936. The molecule has 0 aliphatic heterocycles. The number of rotatable bonds is 2. The minimum atomic E-state index is 0.738. The average Bonchev–Trinajstić information content (AvgIpc) is 2.15. The molecule has 0 spiro atoms. The van der Waals surface area contributed by atoms with E-state index in [2.05, 4.69) is 11.6 Å². The summed E-state index contributed by atoms with van der Waals surface area (Å²) in [5.74, 6) is 0.738. The van der Waals surface area contributed by atoms with Crippen LogP contribution in [0.3, 0.4) is 0 Å². The van der Waals surface area contributed by atoms with Gasteiger partial charge in [0.25, 0.3) is 0 Å². The molecule has 0 radical (unpaired) electrons. The van der Waals surface area contributed by atoms with E-state index in [-0.39, 0.29) is 0 Å². The lowest BCUT2D eigenvalue weighted by Crippen LogP contribution is -1.83. The van der Waals surface area contributed by atoms with Crippen LogP contribution in [0.15, 0.2) is 29.0 Å². The molecule has 2 heteroatoms. The summed E-state index contributed by atoms with van der Waals surface area (Å²) in [5.41, 5.74) is 1.07. The Morgan fingerprint density at radius 3 is 3.11 bits per heavy atom. The van der Waals surface area contributed by atoms with Crippen molar-refractivity contribution in [2.45, 2.75) is 13.3 Å². The summed E-state index contributed by atoms with van der Waals surface area (Å²) < 4.78 is 4.97. The van der Waals surface area contributed by atoms with Crippen LogP contribution >= 0.6 is 0 Å². The Balaban J connectivity index is 2.58. The van der Waals surface area contributed by atoms with Crippen molar-refractivity contribution in [3.05, 3.63) is 30.5 Å². The zero-order valence-corrected chi connectivity index (χ0v) is 5.42. The lowest BCUT2D eigenvalue weighted by atomic mass is 10.2. The van der Waals surface area contributed by atoms with Crippen LogP contribution in [-0.4, -0.2) is 4.98 Å². The van der Waals surface area contributed by atoms with Crippen LogP contribution in [0, 0.1) is 0 Å². The van der Waals surface area contributed by atoms with Gasteiger partial charge in [-0.05, 0) is 6.92 Å². The third-order valence-corrected chi connectivity index (χ3v) is 0.936. The Bertz CT molecular complexity index is 189. The van der Waals surface area contributed by atoms with Crippen LogP contribution in [0.2, 0.25) is 0 Å². The fraction of sp³-hybridized carbons (Fsp3) is 0.286. The average molecular weight is 123 g/mol. The van der Waals surface area contributed by atoms with Gasteiger partial charge in [0.1, 0.15) is 6.26 Å². The van der Waals surface area contributed by atoms with E-state index in [4.69, 9.17) is 4.42 Å². The molecule has 2 nitrogen and oxygen atoms in total. The van der Waals surface area contributed by atoms with Crippen LogP contribution in [0.1, 0.15) is 12.8 Å². The van der Waals surface area contributed by atoms with Crippen molar-refractivity contribution in [2.24, 2.45) is 0 Å². The number of oxazole rings is 1. The second kappa shape index (κ2) is 2.49. The standard InChI is InChI=1S/C7H9NO/c1-6(2)5-7-8-3-4-9-7/h3-4H,1,5H2,2H3. The van der Waals surface area contributed by atoms with Crippen molar-refractivity contribution in [3.63, 3.8) is 0 Å². The van der Waals surface area contributed by atoms with E-state index in [0.717, 1.165) is 17.9 Å². The van der Waals surface area contributed by atoms with Crippen molar-refractivity contribution in [1.29, 1.82) is 0 Å². The highest BCUT2D eigenvalue weighted by atomic mass is 16.3. The van der Waals surface area contributed by atoms with Crippen LogP contribution in [-0.2, 0) is 6.42 Å². The molecular formula is C7H9NO. The van der Waals surface area contributed by atoms with Crippen LogP contribution in [0.4, 0.5) is 0 Å². The highest BCUT2D eigenvalue weighted by Gasteiger charge is 1.94. The molecule has 0 bridgehead atoms. The Morgan fingerprint density at radius 2 is 2.67 bits per heavy atom. The zero-order valence-electron chi connectivity index (χ0n) is 5.42. The van der Waals surface area contributed by atoms with E-state index in [1.54, 1.807) is 12.5 Å². The highest BCUT2D eigenvalue weighted by Crippen LogP contribution is 2.01. The van der Waals surface area contributed by atoms with Crippen molar-refractivity contribution in [2.75, 3.05) is 0 Å². The van der Waals surface area contributed by atoms with Gasteiger partial charge in [-0.15, -0.1) is 0 Å². The minimum absolute atomic E-state index is 0.738. The van der Waals surface area contributed by atoms with Gasteiger partial charge < -0.3 is 4.42 Å². The topological polar surface area (TPSA) is 26.0 Å². The zero-order chi connectivity index (χ0) is 6.69. The number of nitrogens with zero attached hydrogens (tertiary/aromatic N) is 1. The fourth-order valence-electron chi connectivity index (χ4n) is 0.598. The van der Waals surface area contributed by atoms with Crippen molar-refractivity contribution >= 4 is 0 Å². The van der Waals surface area contributed by atoms with Gasteiger partial charge in [0, 0.05) is 6.42 Å². The molecule has 0 N–H and O–H groups in total. The minimum Gasteiger partial charge on any atom is -0.449 e. The summed E-state index contributed by atoms with van der Waals surface area (Å²) in [6.07, 6.45) is 3.95. The van der Waals surface area contributed by atoms with Gasteiger partial charge in [0.15, 0.2) is 5.89 Å². The molecule has 48 valence electrons. The van der Waals surface area contributed by atoms with Crippen molar-refractivity contribution < 1.29 is 4.42 Å². The second-order valence-corrected chi connectivity index (χ2v) is 2.06. The van der Waals surface area contributed by atoms with Gasteiger partial charge >= 0.3 is 0 Å². The number of aromatic nitrogens is 1. The summed E-state index contributed by atoms with van der Waals surface area (Å²) in [4.78, 5) is 3.93. The Hall–Kier alpha value is -1.05. The predicted octanol–water partition coefficient (Wildman–Crippen LogP) is 1.79. The van der Waals surface area contributed by atoms with E-state index >= 15 is 0 Å². The van der Waals surface area contributed by atoms with Gasteiger partial charge in [0.2, 0.25) is 0 Å². The predicted molar refractivity (Wildman–Crippen MR) is 35.0 cm³/mol. The van der Waals surface area contributed by atoms with Gasteiger partial charge in [-0.25, -0.2) is 4.98 Å². The molecule has 1 aromatic rings. The van der Waals surface area contributed by atoms with Crippen molar-refractivity contribution in [1.82, 2.24) is 4.98 Å². The summed E-state index contributed by atoms with van der Waals surface area (Å²) in [7, 11) is 0. The number of hydrogen-bond donors (Lipinski definition) is 0. The molecule has 0 fully saturated rings. The molecule has 0 aromatic carbocycles. The maximum absolute atomic E-state index is 4.97. The van der Waals surface area contributed by atoms with E-state index in [0.29, 0.717) is 0 Å². The summed E-state index contributed by atoms with van der Waals surface area (Å²) >= 11 is 0. The normalized spacial score (nSPS) is 9.44. The quantitative estimate of drug-likeness (QED) is 0.560. The molecule has 0 saturated carbocycles. The molecule has 0 aliphatic carbocycles. The van der Waals surface area contributed by atoms with Gasteiger partial charge in [0.05, 0.1) is 6.20 Å². The molecule has 1 rings (SSSR count). The summed E-state index contributed by atoms with van der Waals surface area (Å²) in [6, 6.07) is 0. The monoisotopic (exact) mass is 123 g/mol. The van der Waals surface area contributed by atoms with Crippen LogP contribution in [0.25, 0.3) is 0 Å². The van der Waals surface area contributed by atoms with Crippen LogP contribution in [0.5, 0.6) is 0 Å². The molecule has 1 aromatic heterocycles. The van der Waals surface area contributed by atoms with Crippen LogP contribution < -0.4 is 0 Å². The Morgan fingerprint density at radius 1 is 1.89 bits per heavy atom. The first-order chi connectivity index (χ1) is 4.29. The van der Waals surface area contributed by atoms with Crippen molar-refractivity contribution in [3.8, 4) is 0 Å². The second-order valence-electron chi connectivity index (χ2n) is 2.06. The first-order valence-electron chi connectivity index (χ1n) is 2.82. The fourth-order valence-corrected chi connectivity index (χ4v) is 0.598. The maximum atomic E-state index is 4.97. The largest absolute Gasteiger partial charge is 0.449 e. The Labute approximate surface area is 54.2 Å². The van der Waals surface area contributed by atoms with E-state index < -0.39 is 0 Å². The lowest BCUT2D eigenvalue weighted by Gasteiger charge is -1.89. The smallest absolute Gasteiger partial charge is 0.197 e. The molecular weight excluding hydrogens is 114 g/mol. The van der Waals surface area contributed by atoms with E-state index in [9.17, 15) is 0 Å². The Kier molecular flexibility index (Phi) is 1.68. The molecule has 9 heavy (non-hydrogen) atoms. The molecule has 0 unspecified atom stereocenters. The molecule has 0 aliphatic rings. The SMILES string of the molecule is C=C(C)Cc1ncco1. The third kappa shape index (κ3) is 1.72. The highest BCUT2D eigenvalue weighted by molar-refractivity contribution is 4.98. The molecule has 1 heterocycles. The first kappa shape index (κ1) is 6.08. The van der Waals surface area contributed by atoms with Gasteiger partial charge in [-0.1, -0.05) is 12.2 Å². The first-order valence-corrected chi connectivity index (χ1v) is 2.82. The molecule has 0 atom stereocenters. The number of hydrogen-bond acceptors (Lipinski definition) is 2. The van der Waals surface area contributed by atoms with E-state index in [1.165, 1.54) is 0 Å². The molecule has 0 saturated heterocycles. The summed E-state index contributed by atoms with van der Waals surface area (Å²) in [6.45, 7) is 5.68. The number of allylic oxidation sites excluding steroid dienone is 1.